The third-order valence-corrected chi connectivity index (χ3v) is 2.85. The Kier molecular flexibility index (Phi) is 4.47. The van der Waals surface area contributed by atoms with Crippen LogP contribution < -0.4 is 10.5 Å². The molecule has 0 aliphatic rings. The Morgan fingerprint density at radius 2 is 2.13 bits per heavy atom. The second-order valence-corrected chi connectivity index (χ2v) is 3.92. The molecule has 2 nitrogen and oxygen atoms in total. The van der Waals surface area contributed by atoms with Crippen LogP contribution in [-0.4, -0.2) is 20.1 Å². The first-order valence-electron chi connectivity index (χ1n) is 4.41. The molecule has 0 saturated heterocycles. The Bertz CT molecular complexity index is 333. The summed E-state index contributed by atoms with van der Waals surface area (Å²) >= 11 is 3.23. The van der Waals surface area contributed by atoms with Crippen molar-refractivity contribution < 1.29 is 13.5 Å². The van der Waals surface area contributed by atoms with E-state index in [2.05, 4.69) is 15.9 Å². The molecule has 2 N–H and O–H groups in total. The number of alkyl halides is 2. The van der Waals surface area contributed by atoms with Gasteiger partial charge in [-0.2, -0.15) is 0 Å². The highest BCUT2D eigenvalue weighted by molar-refractivity contribution is 9.10. The first-order chi connectivity index (χ1) is 7.10. The highest BCUT2D eigenvalue weighted by atomic mass is 79.9. The monoisotopic (exact) mass is 279 g/mol. The van der Waals surface area contributed by atoms with Gasteiger partial charge in [-0.15, -0.1) is 0 Å². The van der Waals surface area contributed by atoms with Crippen LogP contribution >= 0.6 is 15.9 Å². The summed E-state index contributed by atoms with van der Waals surface area (Å²) in [4.78, 5) is 0. The van der Waals surface area contributed by atoms with Crippen LogP contribution in [0.5, 0.6) is 5.75 Å². The van der Waals surface area contributed by atoms with Crippen LogP contribution in [0.1, 0.15) is 11.5 Å². The van der Waals surface area contributed by atoms with E-state index in [4.69, 9.17) is 10.5 Å². The first kappa shape index (κ1) is 12.4. The SMILES string of the molecule is COc1ccc(C(CN)C(F)F)c(Br)c1. The van der Waals surface area contributed by atoms with Gasteiger partial charge >= 0.3 is 0 Å². The lowest BCUT2D eigenvalue weighted by molar-refractivity contribution is 0.117. The molecular weight excluding hydrogens is 268 g/mol. The fourth-order valence-electron chi connectivity index (χ4n) is 1.30. The Labute approximate surface area is 95.5 Å². The van der Waals surface area contributed by atoms with Gasteiger partial charge < -0.3 is 10.5 Å². The van der Waals surface area contributed by atoms with Crippen molar-refractivity contribution in [2.75, 3.05) is 13.7 Å². The normalized spacial score (nSPS) is 12.9. The molecule has 15 heavy (non-hydrogen) atoms. The van der Waals surface area contributed by atoms with Crippen molar-refractivity contribution >= 4 is 15.9 Å². The smallest absolute Gasteiger partial charge is 0.246 e. The van der Waals surface area contributed by atoms with E-state index in [9.17, 15) is 8.78 Å². The predicted molar refractivity (Wildman–Crippen MR) is 58.5 cm³/mol. The van der Waals surface area contributed by atoms with Gasteiger partial charge in [-0.1, -0.05) is 22.0 Å². The maximum Gasteiger partial charge on any atom is 0.246 e. The Hall–Kier alpha value is -0.680. The van der Waals surface area contributed by atoms with Gasteiger partial charge in [0.15, 0.2) is 0 Å². The minimum Gasteiger partial charge on any atom is -0.497 e. The first-order valence-corrected chi connectivity index (χ1v) is 5.21. The molecule has 0 aliphatic heterocycles. The molecule has 1 rings (SSSR count). The zero-order valence-corrected chi connectivity index (χ0v) is 9.80. The fourth-order valence-corrected chi connectivity index (χ4v) is 1.95. The van der Waals surface area contributed by atoms with Gasteiger partial charge in [-0.05, 0) is 17.7 Å². The summed E-state index contributed by atoms with van der Waals surface area (Å²) in [6.45, 7) is -0.0808. The van der Waals surface area contributed by atoms with E-state index in [1.54, 1.807) is 18.2 Å². The summed E-state index contributed by atoms with van der Waals surface area (Å²) < 4.78 is 30.8. The molecule has 0 fully saturated rings. The average Bonchev–Trinajstić information content (AvgIpc) is 2.20. The summed E-state index contributed by atoms with van der Waals surface area (Å²) in [5.41, 5.74) is 5.82. The van der Waals surface area contributed by atoms with Crippen molar-refractivity contribution in [2.24, 2.45) is 5.73 Å². The van der Waals surface area contributed by atoms with E-state index in [1.165, 1.54) is 7.11 Å². The maximum atomic E-state index is 12.6. The summed E-state index contributed by atoms with van der Waals surface area (Å²) in [6, 6.07) is 4.90. The number of nitrogens with two attached hydrogens (primary N) is 1. The molecule has 0 aliphatic carbocycles. The molecule has 1 atom stereocenters. The highest BCUT2D eigenvalue weighted by Gasteiger charge is 2.22. The second-order valence-electron chi connectivity index (χ2n) is 3.06. The molecule has 1 aromatic rings. The van der Waals surface area contributed by atoms with E-state index >= 15 is 0 Å². The van der Waals surface area contributed by atoms with Crippen molar-refractivity contribution in [3.8, 4) is 5.75 Å². The molecule has 0 heterocycles. The van der Waals surface area contributed by atoms with Crippen molar-refractivity contribution in [2.45, 2.75) is 12.3 Å². The van der Waals surface area contributed by atoms with Crippen LogP contribution in [0.25, 0.3) is 0 Å². The lowest BCUT2D eigenvalue weighted by Gasteiger charge is -2.16. The molecule has 0 amide bonds. The quantitative estimate of drug-likeness (QED) is 0.920. The third kappa shape index (κ3) is 2.89. The molecule has 0 spiro atoms. The predicted octanol–water partition coefficient (Wildman–Crippen LogP) is 2.77. The zero-order valence-electron chi connectivity index (χ0n) is 8.21. The number of benzene rings is 1. The van der Waals surface area contributed by atoms with Gasteiger partial charge in [0.25, 0.3) is 0 Å². The number of hydrogen-bond acceptors (Lipinski definition) is 2. The molecule has 0 saturated carbocycles. The van der Waals surface area contributed by atoms with Crippen molar-refractivity contribution in [3.63, 3.8) is 0 Å². The minimum absolute atomic E-state index is 0.0808. The van der Waals surface area contributed by atoms with E-state index in [0.717, 1.165) is 0 Å². The summed E-state index contributed by atoms with van der Waals surface area (Å²) in [6.07, 6.45) is -2.46. The lowest BCUT2D eigenvalue weighted by atomic mass is 10.00. The van der Waals surface area contributed by atoms with Crippen LogP contribution in [0.15, 0.2) is 22.7 Å². The highest BCUT2D eigenvalue weighted by Crippen LogP contribution is 2.31. The molecular formula is C10H12BrF2NO. The molecule has 0 bridgehead atoms. The second kappa shape index (κ2) is 5.42. The topological polar surface area (TPSA) is 35.2 Å². The summed E-state index contributed by atoms with van der Waals surface area (Å²) in [5, 5.41) is 0. The van der Waals surface area contributed by atoms with E-state index in [0.29, 0.717) is 15.8 Å². The van der Waals surface area contributed by atoms with Crippen LogP contribution in [0.4, 0.5) is 8.78 Å². The van der Waals surface area contributed by atoms with E-state index in [-0.39, 0.29) is 6.54 Å². The summed E-state index contributed by atoms with van der Waals surface area (Å²) in [7, 11) is 1.52. The van der Waals surface area contributed by atoms with Crippen molar-refractivity contribution in [3.05, 3.63) is 28.2 Å². The van der Waals surface area contributed by atoms with Gasteiger partial charge in [0, 0.05) is 11.0 Å². The van der Waals surface area contributed by atoms with Gasteiger partial charge in [-0.3, -0.25) is 0 Å². The Balaban J connectivity index is 3.03. The molecule has 5 heteroatoms. The van der Waals surface area contributed by atoms with E-state index in [1.807, 2.05) is 0 Å². The Morgan fingerprint density at radius 3 is 2.53 bits per heavy atom. The van der Waals surface area contributed by atoms with Gasteiger partial charge in [0.1, 0.15) is 5.75 Å². The molecule has 84 valence electrons. The molecule has 0 radical (unpaired) electrons. The lowest BCUT2D eigenvalue weighted by Crippen LogP contribution is -2.20. The largest absolute Gasteiger partial charge is 0.497 e. The van der Waals surface area contributed by atoms with Crippen molar-refractivity contribution in [1.82, 2.24) is 0 Å². The average molecular weight is 280 g/mol. The van der Waals surface area contributed by atoms with Crippen LogP contribution in [-0.2, 0) is 0 Å². The van der Waals surface area contributed by atoms with Gasteiger partial charge in [0.05, 0.1) is 13.0 Å². The third-order valence-electron chi connectivity index (χ3n) is 2.17. The fraction of sp³-hybridized carbons (Fsp3) is 0.400. The molecule has 0 aromatic heterocycles. The van der Waals surface area contributed by atoms with E-state index < -0.39 is 12.3 Å². The zero-order chi connectivity index (χ0) is 11.4. The molecule has 1 unspecified atom stereocenters. The minimum atomic E-state index is -2.46. The van der Waals surface area contributed by atoms with Gasteiger partial charge in [0.2, 0.25) is 6.43 Å². The number of rotatable bonds is 4. The number of methoxy groups -OCH3 is 1. The number of ether oxygens (including phenoxy) is 1. The van der Waals surface area contributed by atoms with Crippen LogP contribution in [0.2, 0.25) is 0 Å². The summed E-state index contributed by atoms with van der Waals surface area (Å²) in [5.74, 6) is -0.319. The molecule has 1 aromatic carbocycles. The Morgan fingerprint density at radius 1 is 1.47 bits per heavy atom. The number of halogens is 3. The standard InChI is InChI=1S/C10H12BrF2NO/c1-15-6-2-3-7(9(11)4-6)8(5-14)10(12)13/h2-4,8,10H,5,14H2,1H3. The van der Waals surface area contributed by atoms with Crippen molar-refractivity contribution in [1.29, 1.82) is 0 Å². The van der Waals surface area contributed by atoms with Crippen LogP contribution in [0, 0.1) is 0 Å². The van der Waals surface area contributed by atoms with Crippen LogP contribution in [0.3, 0.4) is 0 Å². The van der Waals surface area contributed by atoms with Gasteiger partial charge in [-0.25, -0.2) is 8.78 Å². The maximum absolute atomic E-state index is 12.6. The number of hydrogen-bond donors (Lipinski definition) is 1.